The summed E-state index contributed by atoms with van der Waals surface area (Å²) < 4.78 is 13.2. The zero-order chi connectivity index (χ0) is 21.8. The topological polar surface area (TPSA) is 65.7 Å². The van der Waals surface area contributed by atoms with Crippen LogP contribution in [0.5, 0.6) is 11.5 Å². The van der Waals surface area contributed by atoms with Crippen molar-refractivity contribution in [2.45, 2.75) is 26.2 Å². The van der Waals surface area contributed by atoms with E-state index in [0.29, 0.717) is 38.4 Å². The van der Waals surface area contributed by atoms with Gasteiger partial charge in [-0.3, -0.25) is 4.79 Å². The Labute approximate surface area is 188 Å². The van der Waals surface area contributed by atoms with Crippen LogP contribution in [0.3, 0.4) is 0 Å². The van der Waals surface area contributed by atoms with Gasteiger partial charge in [0.15, 0.2) is 17.3 Å². The predicted octanol–water partition coefficient (Wildman–Crippen LogP) is 4.60. The summed E-state index contributed by atoms with van der Waals surface area (Å²) in [4.78, 5) is 17.9. The molecule has 0 radical (unpaired) electrons. The van der Waals surface area contributed by atoms with E-state index in [9.17, 15) is 4.79 Å². The Hall–Kier alpha value is -2.90. The van der Waals surface area contributed by atoms with Gasteiger partial charge in [0.05, 0.1) is 18.2 Å². The monoisotopic (exact) mass is 455 g/mol. The SMILES string of the molecule is CCCCCOc1ccc(C=c2sc3nc(-c4cccc(Cl)c4)nn3c2=O)cc1OC. The van der Waals surface area contributed by atoms with Crippen molar-refractivity contribution in [3.8, 4) is 22.9 Å². The van der Waals surface area contributed by atoms with Gasteiger partial charge in [0.1, 0.15) is 0 Å². The van der Waals surface area contributed by atoms with E-state index in [2.05, 4.69) is 17.0 Å². The molecule has 0 atom stereocenters. The Morgan fingerprint density at radius 1 is 1.16 bits per heavy atom. The van der Waals surface area contributed by atoms with Crippen molar-refractivity contribution < 1.29 is 9.47 Å². The lowest BCUT2D eigenvalue weighted by Gasteiger charge is -2.11. The molecule has 0 fully saturated rings. The second kappa shape index (κ2) is 9.49. The fraction of sp³-hybridized carbons (Fsp3) is 0.261. The number of unbranched alkanes of at least 4 members (excludes halogenated alkanes) is 2. The molecule has 31 heavy (non-hydrogen) atoms. The smallest absolute Gasteiger partial charge is 0.291 e. The van der Waals surface area contributed by atoms with Gasteiger partial charge in [0, 0.05) is 10.6 Å². The first-order valence-electron chi connectivity index (χ1n) is 10.1. The Kier molecular flexibility index (Phi) is 6.53. The lowest BCUT2D eigenvalue weighted by molar-refractivity contribution is 0.286. The van der Waals surface area contributed by atoms with E-state index in [1.54, 1.807) is 19.2 Å². The first-order valence-corrected chi connectivity index (χ1v) is 11.3. The number of rotatable bonds is 8. The number of aromatic nitrogens is 3. The minimum Gasteiger partial charge on any atom is -0.493 e. The quantitative estimate of drug-likeness (QED) is 0.363. The third-order valence-electron chi connectivity index (χ3n) is 4.76. The van der Waals surface area contributed by atoms with Gasteiger partial charge < -0.3 is 9.47 Å². The molecular weight excluding hydrogens is 434 g/mol. The number of benzene rings is 2. The minimum absolute atomic E-state index is 0.209. The van der Waals surface area contributed by atoms with Crippen LogP contribution in [0, 0.1) is 0 Å². The molecule has 160 valence electrons. The molecule has 0 spiro atoms. The molecule has 0 saturated heterocycles. The highest BCUT2D eigenvalue weighted by Gasteiger charge is 2.13. The fourth-order valence-corrected chi connectivity index (χ4v) is 4.26. The maximum atomic E-state index is 12.8. The molecule has 0 saturated carbocycles. The Balaban J connectivity index is 1.62. The highest BCUT2D eigenvalue weighted by molar-refractivity contribution is 7.15. The molecule has 0 amide bonds. The van der Waals surface area contributed by atoms with Crippen molar-refractivity contribution >= 4 is 34.0 Å². The maximum Gasteiger partial charge on any atom is 0.291 e. The lowest BCUT2D eigenvalue weighted by atomic mass is 10.2. The predicted molar refractivity (Wildman–Crippen MR) is 124 cm³/mol. The number of hydrogen-bond donors (Lipinski definition) is 0. The van der Waals surface area contributed by atoms with Crippen LogP contribution in [0.4, 0.5) is 0 Å². The standard InChI is InChI=1S/C23H22ClN3O3S/c1-3-4-5-11-30-18-10-9-15(12-19(18)29-2)13-20-22(28)27-23(31-20)25-21(26-27)16-7-6-8-17(24)14-16/h6-10,12-14H,3-5,11H2,1-2H3. The molecule has 2 aromatic carbocycles. The molecular formula is C23H22ClN3O3S. The number of nitrogens with zero attached hydrogens (tertiary/aromatic N) is 3. The molecule has 2 aromatic heterocycles. The van der Waals surface area contributed by atoms with Gasteiger partial charge in [-0.25, -0.2) is 0 Å². The number of methoxy groups -OCH3 is 1. The maximum absolute atomic E-state index is 12.8. The van der Waals surface area contributed by atoms with Crippen LogP contribution in [-0.2, 0) is 0 Å². The van der Waals surface area contributed by atoms with E-state index in [4.69, 9.17) is 21.1 Å². The highest BCUT2D eigenvalue weighted by atomic mass is 35.5. The molecule has 4 rings (SSSR count). The average molecular weight is 456 g/mol. The van der Waals surface area contributed by atoms with Gasteiger partial charge in [-0.05, 0) is 42.3 Å². The van der Waals surface area contributed by atoms with Crippen LogP contribution in [0.1, 0.15) is 31.7 Å². The second-order valence-corrected chi connectivity index (χ2v) is 8.47. The summed E-state index contributed by atoms with van der Waals surface area (Å²) in [6.45, 7) is 2.81. The number of hydrogen-bond acceptors (Lipinski definition) is 6. The number of thiazole rings is 1. The normalized spacial score (nSPS) is 11.9. The van der Waals surface area contributed by atoms with Crippen molar-refractivity contribution in [2.75, 3.05) is 13.7 Å². The second-order valence-electron chi connectivity index (χ2n) is 7.02. The van der Waals surface area contributed by atoms with E-state index >= 15 is 0 Å². The third-order valence-corrected chi connectivity index (χ3v) is 5.95. The van der Waals surface area contributed by atoms with Gasteiger partial charge in [-0.1, -0.05) is 60.9 Å². The Bertz CT molecular complexity index is 1320. The minimum atomic E-state index is -0.209. The van der Waals surface area contributed by atoms with E-state index < -0.39 is 0 Å². The van der Waals surface area contributed by atoms with Crippen molar-refractivity contribution in [3.63, 3.8) is 0 Å². The molecule has 0 bridgehead atoms. The van der Waals surface area contributed by atoms with E-state index in [0.717, 1.165) is 30.4 Å². The first kappa shape index (κ1) is 21.3. The van der Waals surface area contributed by atoms with Crippen molar-refractivity contribution in [1.82, 2.24) is 14.6 Å². The van der Waals surface area contributed by atoms with E-state index in [1.807, 2.05) is 36.4 Å². The summed E-state index contributed by atoms with van der Waals surface area (Å²) >= 11 is 7.34. The fourth-order valence-electron chi connectivity index (χ4n) is 3.16. The van der Waals surface area contributed by atoms with Gasteiger partial charge in [0.25, 0.3) is 5.56 Å². The first-order chi connectivity index (χ1) is 15.1. The van der Waals surface area contributed by atoms with Crippen molar-refractivity contribution in [3.05, 3.63) is 67.9 Å². The van der Waals surface area contributed by atoms with E-state index in [1.165, 1.54) is 15.9 Å². The van der Waals surface area contributed by atoms with Crippen molar-refractivity contribution in [2.24, 2.45) is 0 Å². The summed E-state index contributed by atoms with van der Waals surface area (Å²) in [6.07, 6.45) is 5.09. The molecule has 6 nitrogen and oxygen atoms in total. The van der Waals surface area contributed by atoms with Gasteiger partial charge in [-0.2, -0.15) is 9.50 Å². The van der Waals surface area contributed by atoms with Crippen LogP contribution in [0.25, 0.3) is 22.4 Å². The summed E-state index contributed by atoms with van der Waals surface area (Å²) in [6, 6.07) is 12.9. The van der Waals surface area contributed by atoms with Crippen LogP contribution in [0.15, 0.2) is 47.3 Å². The van der Waals surface area contributed by atoms with Crippen LogP contribution in [0.2, 0.25) is 5.02 Å². The largest absolute Gasteiger partial charge is 0.493 e. The highest BCUT2D eigenvalue weighted by Crippen LogP contribution is 2.28. The third kappa shape index (κ3) is 4.73. The molecule has 8 heteroatoms. The van der Waals surface area contributed by atoms with Crippen molar-refractivity contribution in [1.29, 1.82) is 0 Å². The van der Waals surface area contributed by atoms with Gasteiger partial charge in [0.2, 0.25) is 4.96 Å². The molecule has 4 aromatic rings. The molecule has 2 heterocycles. The number of halogens is 1. The Morgan fingerprint density at radius 2 is 2.03 bits per heavy atom. The summed E-state index contributed by atoms with van der Waals surface area (Å²) in [7, 11) is 1.61. The van der Waals surface area contributed by atoms with Gasteiger partial charge in [-0.15, -0.1) is 5.10 Å². The van der Waals surface area contributed by atoms with Crippen LogP contribution < -0.4 is 19.6 Å². The zero-order valence-electron chi connectivity index (χ0n) is 17.3. The van der Waals surface area contributed by atoms with Crippen LogP contribution in [-0.4, -0.2) is 28.3 Å². The number of ether oxygens (including phenoxy) is 2. The zero-order valence-corrected chi connectivity index (χ0v) is 18.9. The molecule has 0 aliphatic rings. The molecule has 0 aliphatic carbocycles. The van der Waals surface area contributed by atoms with Gasteiger partial charge >= 0.3 is 0 Å². The average Bonchev–Trinajstić information content (AvgIpc) is 3.31. The molecule has 0 unspecified atom stereocenters. The lowest BCUT2D eigenvalue weighted by Crippen LogP contribution is -2.23. The Morgan fingerprint density at radius 3 is 2.77 bits per heavy atom. The summed E-state index contributed by atoms with van der Waals surface area (Å²) in [5, 5.41) is 4.96. The molecule has 0 N–H and O–H groups in total. The van der Waals surface area contributed by atoms with Crippen LogP contribution >= 0.6 is 22.9 Å². The molecule has 0 aliphatic heterocycles. The van der Waals surface area contributed by atoms with E-state index in [-0.39, 0.29) is 5.56 Å². The number of fused-ring (bicyclic) bond motifs is 1. The summed E-state index contributed by atoms with van der Waals surface area (Å²) in [5.41, 5.74) is 1.40. The summed E-state index contributed by atoms with van der Waals surface area (Å²) in [5.74, 6) is 1.82.